The van der Waals surface area contributed by atoms with E-state index in [-0.39, 0.29) is 0 Å². The molecule has 1 aromatic carbocycles. The highest BCUT2D eigenvalue weighted by Crippen LogP contribution is 2.31. The molecule has 0 spiro atoms. The molecule has 1 unspecified atom stereocenters. The van der Waals surface area contributed by atoms with E-state index in [9.17, 15) is 0 Å². The molecule has 166 valence electrons. The molecule has 3 heterocycles. The Morgan fingerprint density at radius 2 is 1.65 bits per heavy atom. The number of fused-ring (bicyclic) bond motifs is 1. The second-order valence-corrected chi connectivity index (χ2v) is 9.54. The predicted molar refractivity (Wildman–Crippen MR) is 128 cm³/mol. The van der Waals surface area contributed by atoms with Gasteiger partial charge in [-0.2, -0.15) is 4.98 Å². The molecular weight excluding hydrogens is 382 g/mol. The first-order valence-corrected chi connectivity index (χ1v) is 12.5. The highest BCUT2D eigenvalue weighted by atomic mass is 15.2. The highest BCUT2D eigenvalue weighted by molar-refractivity contribution is 5.54. The van der Waals surface area contributed by atoms with Crippen molar-refractivity contribution < 1.29 is 0 Å². The summed E-state index contributed by atoms with van der Waals surface area (Å²) in [4.78, 5) is 15.2. The number of hydrogen-bond donors (Lipinski definition) is 1. The van der Waals surface area contributed by atoms with Gasteiger partial charge in [-0.3, -0.25) is 4.90 Å². The van der Waals surface area contributed by atoms with Crippen LogP contribution in [0.4, 0.5) is 11.8 Å². The van der Waals surface area contributed by atoms with E-state index >= 15 is 0 Å². The minimum Gasteiger partial charge on any atom is -0.356 e. The third kappa shape index (κ3) is 5.03. The van der Waals surface area contributed by atoms with Crippen molar-refractivity contribution in [3.63, 3.8) is 0 Å². The Balaban J connectivity index is 1.29. The molecule has 3 aliphatic rings. The van der Waals surface area contributed by atoms with Gasteiger partial charge in [0.1, 0.15) is 5.82 Å². The van der Waals surface area contributed by atoms with Crippen LogP contribution in [-0.4, -0.2) is 47.1 Å². The van der Waals surface area contributed by atoms with Gasteiger partial charge < -0.3 is 10.2 Å². The largest absolute Gasteiger partial charge is 0.356 e. The molecule has 2 aromatic rings. The second-order valence-electron chi connectivity index (χ2n) is 9.54. The number of likely N-dealkylation sites (tertiary alicyclic amines) is 1. The smallest absolute Gasteiger partial charge is 0.224 e. The van der Waals surface area contributed by atoms with Crippen molar-refractivity contribution in [1.82, 2.24) is 14.9 Å². The fourth-order valence-electron chi connectivity index (χ4n) is 5.56. The van der Waals surface area contributed by atoms with Gasteiger partial charge in [0.2, 0.25) is 5.95 Å². The van der Waals surface area contributed by atoms with Crippen molar-refractivity contribution in [3.05, 3.63) is 47.2 Å². The normalized spacial score (nSPS) is 22.2. The number of nitrogens with one attached hydrogen (secondary N) is 1. The maximum atomic E-state index is 5.09. The van der Waals surface area contributed by atoms with Crippen molar-refractivity contribution in [3.8, 4) is 0 Å². The summed E-state index contributed by atoms with van der Waals surface area (Å²) in [6, 6.07) is 11.4. The van der Waals surface area contributed by atoms with Gasteiger partial charge in [0.25, 0.3) is 0 Å². The van der Waals surface area contributed by atoms with Crippen LogP contribution in [0.15, 0.2) is 30.3 Å². The van der Waals surface area contributed by atoms with E-state index in [1.807, 2.05) is 0 Å². The fraction of sp³-hybridized carbons (Fsp3) is 0.615. The van der Waals surface area contributed by atoms with Crippen molar-refractivity contribution >= 4 is 11.8 Å². The molecular formula is C26H37N5. The van der Waals surface area contributed by atoms with Crippen LogP contribution in [0.5, 0.6) is 0 Å². The lowest BCUT2D eigenvalue weighted by molar-refractivity contribution is 0.148. The van der Waals surface area contributed by atoms with Crippen LogP contribution in [0.2, 0.25) is 0 Å². The number of rotatable bonds is 6. The number of nitrogens with zero attached hydrogens (tertiary/aromatic N) is 4. The van der Waals surface area contributed by atoms with E-state index < -0.39 is 0 Å². The standard InChI is InChI=1S/C26H37N5/c1-2-8-17-30(16-7-1)25-23-14-10-15-24(23)28-26(29-25)27-19-22-13-6-9-18-31(22)20-21-11-4-3-5-12-21/h3-5,11-12,22H,1-2,6-10,13-20H2,(H,27,28,29). The maximum absolute atomic E-state index is 5.09. The van der Waals surface area contributed by atoms with Gasteiger partial charge in [0, 0.05) is 37.8 Å². The van der Waals surface area contributed by atoms with E-state index in [0.717, 1.165) is 45.0 Å². The Hall–Kier alpha value is -2.14. The van der Waals surface area contributed by atoms with Crippen molar-refractivity contribution in [1.29, 1.82) is 0 Å². The highest BCUT2D eigenvalue weighted by Gasteiger charge is 2.25. The summed E-state index contributed by atoms with van der Waals surface area (Å²) in [5.74, 6) is 2.09. The molecule has 0 amide bonds. The molecule has 2 fully saturated rings. The predicted octanol–water partition coefficient (Wildman–Crippen LogP) is 4.81. The van der Waals surface area contributed by atoms with Crippen molar-refractivity contribution in [2.45, 2.75) is 76.8 Å². The van der Waals surface area contributed by atoms with Crippen LogP contribution >= 0.6 is 0 Å². The molecule has 1 N–H and O–H groups in total. The van der Waals surface area contributed by atoms with E-state index in [1.54, 1.807) is 0 Å². The lowest BCUT2D eigenvalue weighted by atomic mass is 10.0. The third-order valence-electron chi connectivity index (χ3n) is 7.29. The van der Waals surface area contributed by atoms with Crippen LogP contribution < -0.4 is 10.2 Å². The molecule has 1 aliphatic carbocycles. The number of aryl methyl sites for hydroxylation is 1. The molecule has 1 aromatic heterocycles. The summed E-state index contributed by atoms with van der Waals surface area (Å²) in [5.41, 5.74) is 4.13. The Morgan fingerprint density at radius 3 is 2.48 bits per heavy atom. The van der Waals surface area contributed by atoms with Gasteiger partial charge in [0.05, 0.1) is 5.69 Å². The van der Waals surface area contributed by atoms with Crippen LogP contribution in [0, 0.1) is 0 Å². The number of anilines is 2. The lowest BCUT2D eigenvalue weighted by Crippen LogP contribution is -2.43. The van der Waals surface area contributed by atoms with E-state index in [1.165, 1.54) is 80.6 Å². The SMILES string of the molecule is c1ccc(CN2CCCCC2CNc2nc3c(c(N4CCCCCC4)n2)CCC3)cc1. The average molecular weight is 420 g/mol. The molecule has 0 bridgehead atoms. The minimum atomic E-state index is 0.549. The second kappa shape index (κ2) is 9.99. The van der Waals surface area contributed by atoms with Gasteiger partial charge >= 0.3 is 0 Å². The Kier molecular flexibility index (Phi) is 6.68. The summed E-state index contributed by atoms with van der Waals surface area (Å²) < 4.78 is 0. The average Bonchev–Trinajstić information content (AvgIpc) is 3.12. The summed E-state index contributed by atoms with van der Waals surface area (Å²) in [7, 11) is 0. The summed E-state index contributed by atoms with van der Waals surface area (Å²) in [6.45, 7) is 5.46. The lowest BCUT2D eigenvalue weighted by Gasteiger charge is -2.36. The topological polar surface area (TPSA) is 44.3 Å². The molecule has 1 atom stereocenters. The fourth-order valence-corrected chi connectivity index (χ4v) is 5.56. The van der Waals surface area contributed by atoms with E-state index in [2.05, 4.69) is 45.4 Å². The minimum absolute atomic E-state index is 0.549. The first-order chi connectivity index (χ1) is 15.4. The monoisotopic (exact) mass is 419 g/mol. The number of aromatic nitrogens is 2. The molecule has 0 saturated carbocycles. The summed E-state index contributed by atoms with van der Waals surface area (Å²) in [6.07, 6.45) is 12.6. The molecule has 2 saturated heterocycles. The number of hydrogen-bond acceptors (Lipinski definition) is 5. The van der Waals surface area contributed by atoms with Crippen LogP contribution in [0.1, 0.15) is 68.2 Å². The van der Waals surface area contributed by atoms with Gasteiger partial charge in [0.15, 0.2) is 0 Å². The zero-order chi connectivity index (χ0) is 20.9. The molecule has 5 heteroatoms. The summed E-state index contributed by atoms with van der Waals surface area (Å²) >= 11 is 0. The zero-order valence-corrected chi connectivity index (χ0v) is 18.9. The van der Waals surface area contributed by atoms with E-state index in [4.69, 9.17) is 9.97 Å². The quantitative estimate of drug-likeness (QED) is 0.728. The Bertz CT molecular complexity index is 844. The van der Waals surface area contributed by atoms with Gasteiger partial charge in [-0.1, -0.05) is 49.6 Å². The van der Waals surface area contributed by atoms with Crippen LogP contribution in [0.3, 0.4) is 0 Å². The first-order valence-electron chi connectivity index (χ1n) is 12.5. The molecule has 0 radical (unpaired) electrons. The van der Waals surface area contributed by atoms with Crippen LogP contribution in [0.25, 0.3) is 0 Å². The summed E-state index contributed by atoms with van der Waals surface area (Å²) in [5, 5.41) is 3.66. The van der Waals surface area contributed by atoms with Gasteiger partial charge in [-0.25, -0.2) is 4.98 Å². The van der Waals surface area contributed by atoms with Crippen molar-refractivity contribution in [2.24, 2.45) is 0 Å². The molecule has 2 aliphatic heterocycles. The molecule has 5 nitrogen and oxygen atoms in total. The van der Waals surface area contributed by atoms with E-state index in [0.29, 0.717) is 6.04 Å². The first kappa shape index (κ1) is 20.7. The van der Waals surface area contributed by atoms with Gasteiger partial charge in [-0.15, -0.1) is 0 Å². The van der Waals surface area contributed by atoms with Gasteiger partial charge in [-0.05, 0) is 57.1 Å². The maximum Gasteiger partial charge on any atom is 0.224 e. The Morgan fingerprint density at radius 1 is 0.839 bits per heavy atom. The van der Waals surface area contributed by atoms with Crippen LogP contribution in [-0.2, 0) is 19.4 Å². The third-order valence-corrected chi connectivity index (χ3v) is 7.29. The number of benzene rings is 1. The Labute approximate surface area is 187 Å². The zero-order valence-electron chi connectivity index (χ0n) is 18.9. The number of piperidine rings is 1. The molecule has 5 rings (SSSR count). The van der Waals surface area contributed by atoms with Crippen molar-refractivity contribution in [2.75, 3.05) is 36.4 Å². The molecule has 31 heavy (non-hydrogen) atoms.